The largest absolute Gasteiger partial charge is 0.478 e. The number of rotatable bonds is 4. The van der Waals surface area contributed by atoms with Crippen molar-refractivity contribution in [1.29, 1.82) is 0 Å². The van der Waals surface area contributed by atoms with E-state index >= 15 is 0 Å². The molecule has 2 rings (SSSR count). The smallest absolute Gasteiger partial charge is 0.336 e. The van der Waals surface area contributed by atoms with Gasteiger partial charge in [0.1, 0.15) is 0 Å². The van der Waals surface area contributed by atoms with Gasteiger partial charge < -0.3 is 20.8 Å². The summed E-state index contributed by atoms with van der Waals surface area (Å²) in [6, 6.07) is 4.80. The molecule has 0 saturated heterocycles. The van der Waals surface area contributed by atoms with Crippen molar-refractivity contribution < 1.29 is 29.4 Å². The third-order valence-corrected chi connectivity index (χ3v) is 3.56. The second-order valence-electron chi connectivity index (χ2n) is 4.84. The topological polar surface area (TPSA) is 133 Å². The van der Waals surface area contributed by atoms with Gasteiger partial charge in [0, 0.05) is 36.0 Å². The molecule has 8 nitrogen and oxygen atoms in total. The zero-order valence-corrected chi connectivity index (χ0v) is 12.8. The lowest BCUT2D eigenvalue weighted by molar-refractivity contribution is 0.0686. The van der Waals surface area contributed by atoms with E-state index in [1.165, 1.54) is 38.4 Å². The Morgan fingerprint density at radius 2 is 0.958 bits per heavy atom. The summed E-state index contributed by atoms with van der Waals surface area (Å²) in [7, 11) is 2.73. The van der Waals surface area contributed by atoms with E-state index in [0.29, 0.717) is 0 Å². The van der Waals surface area contributed by atoms with Crippen LogP contribution in [-0.2, 0) is 0 Å². The first-order valence-electron chi connectivity index (χ1n) is 6.84. The van der Waals surface area contributed by atoms with Gasteiger partial charge in [0.2, 0.25) is 0 Å². The Morgan fingerprint density at radius 3 is 1.21 bits per heavy atom. The number of carbonyl (C=O) groups excluding carboxylic acids is 2. The molecular weight excluding hydrogens is 316 g/mol. The molecule has 0 unspecified atom stereocenters. The fourth-order valence-electron chi connectivity index (χ4n) is 2.50. The van der Waals surface area contributed by atoms with E-state index in [4.69, 9.17) is 0 Å². The summed E-state index contributed by atoms with van der Waals surface area (Å²) in [5, 5.41) is 23.3. The Bertz CT molecular complexity index is 815. The van der Waals surface area contributed by atoms with Crippen LogP contribution >= 0.6 is 0 Å². The van der Waals surface area contributed by atoms with Crippen LogP contribution in [0.15, 0.2) is 24.3 Å². The lowest BCUT2D eigenvalue weighted by Crippen LogP contribution is -2.22. The predicted octanol–water partition coefficient (Wildman–Crippen LogP) is 0.955. The molecule has 24 heavy (non-hydrogen) atoms. The van der Waals surface area contributed by atoms with Gasteiger partial charge in [-0.2, -0.15) is 0 Å². The van der Waals surface area contributed by atoms with Gasteiger partial charge in [-0.05, 0) is 24.3 Å². The molecule has 0 aliphatic rings. The molecule has 0 aliphatic carbocycles. The summed E-state index contributed by atoms with van der Waals surface area (Å²) in [4.78, 5) is 47.2. The maximum atomic E-state index is 12.1. The summed E-state index contributed by atoms with van der Waals surface area (Å²) < 4.78 is 0. The maximum Gasteiger partial charge on any atom is 0.336 e. The molecule has 8 heteroatoms. The van der Waals surface area contributed by atoms with Gasteiger partial charge in [0.25, 0.3) is 11.8 Å². The first-order chi connectivity index (χ1) is 11.3. The summed E-state index contributed by atoms with van der Waals surface area (Å²) in [5.41, 5.74) is -0.583. The molecule has 0 aliphatic heterocycles. The fourth-order valence-corrected chi connectivity index (χ4v) is 2.50. The highest BCUT2D eigenvalue weighted by Crippen LogP contribution is 2.30. The van der Waals surface area contributed by atoms with Gasteiger partial charge in [-0.15, -0.1) is 0 Å². The summed E-state index contributed by atoms with van der Waals surface area (Å²) in [6.45, 7) is 0. The number of fused-ring (bicyclic) bond motifs is 1. The predicted molar refractivity (Wildman–Crippen MR) is 84.6 cm³/mol. The van der Waals surface area contributed by atoms with Gasteiger partial charge in [0.05, 0.1) is 11.1 Å². The zero-order valence-electron chi connectivity index (χ0n) is 12.8. The normalized spacial score (nSPS) is 10.2. The average Bonchev–Trinajstić information content (AvgIpc) is 2.57. The van der Waals surface area contributed by atoms with Crippen molar-refractivity contribution in [2.45, 2.75) is 0 Å². The molecule has 0 saturated carbocycles. The van der Waals surface area contributed by atoms with E-state index in [0.717, 1.165) is 0 Å². The Hall–Kier alpha value is -3.42. The number of carbonyl (C=O) groups is 4. The van der Waals surface area contributed by atoms with E-state index in [1.807, 2.05) is 0 Å². The SMILES string of the molecule is CNC(=O)c1ccc(C(=O)O)c2c(C(=O)NC)ccc(C(=O)O)c12. The van der Waals surface area contributed by atoms with Crippen LogP contribution in [0.1, 0.15) is 41.4 Å². The van der Waals surface area contributed by atoms with E-state index in [2.05, 4.69) is 10.6 Å². The molecule has 0 spiro atoms. The number of nitrogens with one attached hydrogen (secondary N) is 2. The van der Waals surface area contributed by atoms with Crippen LogP contribution in [0.5, 0.6) is 0 Å². The number of carboxylic acids is 2. The third kappa shape index (κ3) is 2.65. The van der Waals surface area contributed by atoms with E-state index in [9.17, 15) is 29.4 Å². The highest BCUT2D eigenvalue weighted by Gasteiger charge is 2.24. The molecule has 0 aromatic heterocycles. The number of hydrogen-bond donors (Lipinski definition) is 4. The Labute approximate surface area is 136 Å². The fraction of sp³-hybridized carbons (Fsp3) is 0.125. The average molecular weight is 330 g/mol. The van der Waals surface area contributed by atoms with Crippen LogP contribution in [0.25, 0.3) is 10.8 Å². The van der Waals surface area contributed by atoms with Gasteiger partial charge >= 0.3 is 11.9 Å². The summed E-state index contributed by atoms with van der Waals surface area (Å²) in [5.74, 6) is -3.85. The minimum absolute atomic E-state index is 0.0272. The van der Waals surface area contributed by atoms with Crippen LogP contribution in [0.2, 0.25) is 0 Å². The lowest BCUT2D eigenvalue weighted by atomic mass is 9.91. The van der Waals surface area contributed by atoms with Crippen molar-refractivity contribution in [3.05, 3.63) is 46.5 Å². The Morgan fingerprint density at radius 1 is 0.667 bits per heavy atom. The van der Waals surface area contributed by atoms with E-state index in [-0.39, 0.29) is 33.0 Å². The van der Waals surface area contributed by atoms with Crippen LogP contribution in [0.4, 0.5) is 0 Å². The molecule has 0 fully saturated rings. The summed E-state index contributed by atoms with van der Waals surface area (Å²) in [6.07, 6.45) is 0. The third-order valence-electron chi connectivity index (χ3n) is 3.56. The van der Waals surface area contributed by atoms with Crippen molar-refractivity contribution in [2.24, 2.45) is 0 Å². The number of amides is 2. The molecule has 4 N–H and O–H groups in total. The summed E-state index contributed by atoms with van der Waals surface area (Å²) >= 11 is 0. The molecular formula is C16H14N2O6. The number of carboxylic acid groups (broad SMARTS) is 2. The molecule has 2 aromatic rings. The Balaban J connectivity index is 3.11. The van der Waals surface area contributed by atoms with Gasteiger partial charge in [-0.1, -0.05) is 0 Å². The molecule has 2 amide bonds. The number of benzene rings is 2. The molecule has 0 heterocycles. The maximum absolute atomic E-state index is 12.1. The lowest BCUT2D eigenvalue weighted by Gasteiger charge is -2.14. The van der Waals surface area contributed by atoms with Gasteiger partial charge in [-0.3, -0.25) is 9.59 Å². The molecule has 124 valence electrons. The number of hydrogen-bond acceptors (Lipinski definition) is 4. The molecule has 0 bridgehead atoms. The molecule has 2 aromatic carbocycles. The van der Waals surface area contributed by atoms with Crippen molar-refractivity contribution in [1.82, 2.24) is 10.6 Å². The zero-order chi connectivity index (χ0) is 18.0. The van der Waals surface area contributed by atoms with E-state index in [1.54, 1.807) is 0 Å². The van der Waals surface area contributed by atoms with Crippen molar-refractivity contribution >= 4 is 34.5 Å². The second kappa shape index (κ2) is 6.37. The minimum atomic E-state index is -1.34. The van der Waals surface area contributed by atoms with E-state index < -0.39 is 23.8 Å². The first kappa shape index (κ1) is 16.9. The highest BCUT2D eigenvalue weighted by molar-refractivity contribution is 6.23. The van der Waals surface area contributed by atoms with Crippen molar-refractivity contribution in [2.75, 3.05) is 14.1 Å². The standard InChI is InChI=1S/C16H14N2O6/c1-17-13(19)7-3-5-10(16(23)24)12-8(14(20)18-2)4-6-9(11(7)12)15(21)22/h3-6H,1-2H3,(H,17,19)(H,18,20)(H,21,22)(H,23,24). The van der Waals surface area contributed by atoms with Crippen molar-refractivity contribution in [3.8, 4) is 0 Å². The molecule has 0 radical (unpaired) electrons. The van der Waals surface area contributed by atoms with Crippen LogP contribution < -0.4 is 10.6 Å². The van der Waals surface area contributed by atoms with Gasteiger partial charge in [-0.25, -0.2) is 9.59 Å². The minimum Gasteiger partial charge on any atom is -0.478 e. The van der Waals surface area contributed by atoms with Crippen LogP contribution in [0.3, 0.4) is 0 Å². The molecule has 0 atom stereocenters. The van der Waals surface area contributed by atoms with Crippen LogP contribution in [-0.4, -0.2) is 48.1 Å². The quantitative estimate of drug-likeness (QED) is 0.660. The number of aromatic carboxylic acids is 2. The van der Waals surface area contributed by atoms with Gasteiger partial charge in [0.15, 0.2) is 0 Å². The first-order valence-corrected chi connectivity index (χ1v) is 6.84. The Kier molecular flexibility index (Phi) is 4.50. The monoisotopic (exact) mass is 330 g/mol. The van der Waals surface area contributed by atoms with Crippen molar-refractivity contribution in [3.63, 3.8) is 0 Å². The second-order valence-corrected chi connectivity index (χ2v) is 4.84. The highest BCUT2D eigenvalue weighted by atomic mass is 16.4. The van der Waals surface area contributed by atoms with Crippen LogP contribution in [0, 0.1) is 0 Å².